The SMILES string of the molecule is Cn1ccnc1SCCOc1cccc(C(=O)O)c1. The first kappa shape index (κ1) is 13.5. The summed E-state index contributed by atoms with van der Waals surface area (Å²) in [5.74, 6) is 0.371. The van der Waals surface area contributed by atoms with Crippen molar-refractivity contribution < 1.29 is 14.6 Å². The van der Waals surface area contributed by atoms with Crippen LogP contribution in [0.2, 0.25) is 0 Å². The molecule has 1 heterocycles. The minimum atomic E-state index is -0.951. The molecule has 1 aromatic heterocycles. The van der Waals surface area contributed by atoms with Crippen LogP contribution in [0.3, 0.4) is 0 Å². The Morgan fingerprint density at radius 3 is 3.05 bits per heavy atom. The molecule has 0 saturated heterocycles. The van der Waals surface area contributed by atoms with Crippen LogP contribution in [0.5, 0.6) is 5.75 Å². The summed E-state index contributed by atoms with van der Waals surface area (Å²) in [4.78, 5) is 15.0. The minimum Gasteiger partial charge on any atom is -0.493 e. The number of benzene rings is 1. The van der Waals surface area contributed by atoms with Gasteiger partial charge in [-0.1, -0.05) is 17.8 Å². The van der Waals surface area contributed by atoms with Gasteiger partial charge in [0.05, 0.1) is 12.2 Å². The Balaban J connectivity index is 1.81. The summed E-state index contributed by atoms with van der Waals surface area (Å²) < 4.78 is 7.45. The van der Waals surface area contributed by atoms with Crippen molar-refractivity contribution in [1.29, 1.82) is 0 Å². The summed E-state index contributed by atoms with van der Waals surface area (Å²) in [5.41, 5.74) is 0.231. The van der Waals surface area contributed by atoms with E-state index in [0.717, 1.165) is 10.9 Å². The molecule has 19 heavy (non-hydrogen) atoms. The molecular weight excluding hydrogens is 264 g/mol. The van der Waals surface area contributed by atoms with Gasteiger partial charge in [0.15, 0.2) is 5.16 Å². The van der Waals surface area contributed by atoms with E-state index in [1.165, 1.54) is 12.1 Å². The van der Waals surface area contributed by atoms with E-state index in [4.69, 9.17) is 9.84 Å². The lowest BCUT2D eigenvalue weighted by molar-refractivity contribution is 0.0696. The van der Waals surface area contributed by atoms with Gasteiger partial charge in [0.25, 0.3) is 0 Å². The zero-order chi connectivity index (χ0) is 13.7. The van der Waals surface area contributed by atoms with Crippen LogP contribution < -0.4 is 4.74 Å². The minimum absolute atomic E-state index is 0.231. The molecule has 0 aliphatic rings. The fourth-order valence-electron chi connectivity index (χ4n) is 1.50. The molecule has 0 bridgehead atoms. The average molecular weight is 278 g/mol. The third kappa shape index (κ3) is 3.75. The second kappa shape index (κ2) is 6.29. The summed E-state index contributed by atoms with van der Waals surface area (Å²) >= 11 is 1.59. The van der Waals surface area contributed by atoms with Crippen LogP contribution in [-0.2, 0) is 7.05 Å². The van der Waals surface area contributed by atoms with Gasteiger partial charge in [-0.3, -0.25) is 0 Å². The van der Waals surface area contributed by atoms with Crippen molar-refractivity contribution in [3.8, 4) is 5.75 Å². The van der Waals surface area contributed by atoms with Crippen LogP contribution in [0.4, 0.5) is 0 Å². The number of ether oxygens (including phenoxy) is 1. The van der Waals surface area contributed by atoms with Gasteiger partial charge in [0.2, 0.25) is 0 Å². The van der Waals surface area contributed by atoms with E-state index < -0.39 is 5.97 Å². The van der Waals surface area contributed by atoms with Crippen molar-refractivity contribution in [2.75, 3.05) is 12.4 Å². The van der Waals surface area contributed by atoms with Crippen molar-refractivity contribution in [2.24, 2.45) is 7.05 Å². The fourth-order valence-corrected chi connectivity index (χ4v) is 2.25. The highest BCUT2D eigenvalue weighted by atomic mass is 32.2. The first-order valence-corrected chi connectivity index (χ1v) is 6.71. The van der Waals surface area contributed by atoms with E-state index >= 15 is 0 Å². The Labute approximate surface area is 115 Å². The van der Waals surface area contributed by atoms with Gasteiger partial charge in [-0.05, 0) is 18.2 Å². The monoisotopic (exact) mass is 278 g/mol. The number of aromatic nitrogens is 2. The van der Waals surface area contributed by atoms with E-state index in [9.17, 15) is 4.79 Å². The highest BCUT2D eigenvalue weighted by molar-refractivity contribution is 7.99. The number of hydrogen-bond donors (Lipinski definition) is 1. The molecule has 5 nitrogen and oxygen atoms in total. The summed E-state index contributed by atoms with van der Waals surface area (Å²) in [5, 5.41) is 9.80. The smallest absolute Gasteiger partial charge is 0.335 e. The van der Waals surface area contributed by atoms with Crippen LogP contribution in [0, 0.1) is 0 Å². The van der Waals surface area contributed by atoms with Gasteiger partial charge in [-0.15, -0.1) is 0 Å². The molecule has 0 atom stereocenters. The highest BCUT2D eigenvalue weighted by Crippen LogP contribution is 2.16. The zero-order valence-corrected chi connectivity index (χ0v) is 11.3. The number of thioether (sulfide) groups is 1. The maximum absolute atomic E-state index is 10.8. The number of carboxylic acids is 1. The molecule has 0 aliphatic carbocycles. The Hall–Kier alpha value is -1.95. The first-order chi connectivity index (χ1) is 9.16. The van der Waals surface area contributed by atoms with Gasteiger partial charge in [-0.25, -0.2) is 9.78 Å². The zero-order valence-electron chi connectivity index (χ0n) is 10.4. The van der Waals surface area contributed by atoms with E-state index in [2.05, 4.69) is 4.98 Å². The van der Waals surface area contributed by atoms with Crippen LogP contribution in [-0.4, -0.2) is 33.0 Å². The second-order valence-electron chi connectivity index (χ2n) is 3.85. The van der Waals surface area contributed by atoms with Crippen molar-refractivity contribution in [2.45, 2.75) is 5.16 Å². The molecule has 0 radical (unpaired) electrons. The Bertz CT molecular complexity index is 569. The molecule has 0 spiro atoms. The first-order valence-electron chi connectivity index (χ1n) is 5.73. The van der Waals surface area contributed by atoms with E-state index in [-0.39, 0.29) is 5.56 Å². The van der Waals surface area contributed by atoms with Crippen LogP contribution in [0.1, 0.15) is 10.4 Å². The fraction of sp³-hybridized carbons (Fsp3) is 0.231. The molecule has 2 aromatic rings. The summed E-state index contributed by atoms with van der Waals surface area (Å²) in [6.45, 7) is 0.501. The number of aromatic carboxylic acids is 1. The van der Waals surface area contributed by atoms with Crippen molar-refractivity contribution in [3.05, 3.63) is 42.2 Å². The highest BCUT2D eigenvalue weighted by Gasteiger charge is 2.04. The third-order valence-corrected chi connectivity index (χ3v) is 3.46. The molecule has 0 saturated carbocycles. The maximum atomic E-state index is 10.8. The predicted molar refractivity (Wildman–Crippen MR) is 72.8 cm³/mol. The lowest BCUT2D eigenvalue weighted by atomic mass is 10.2. The molecule has 100 valence electrons. The lowest BCUT2D eigenvalue weighted by Gasteiger charge is -2.06. The van der Waals surface area contributed by atoms with E-state index in [1.807, 2.05) is 17.8 Å². The van der Waals surface area contributed by atoms with Gasteiger partial charge in [0, 0.05) is 25.2 Å². The third-order valence-electron chi connectivity index (χ3n) is 2.44. The quantitative estimate of drug-likeness (QED) is 0.649. The largest absolute Gasteiger partial charge is 0.493 e. The van der Waals surface area contributed by atoms with Crippen molar-refractivity contribution in [3.63, 3.8) is 0 Å². The normalized spacial score (nSPS) is 10.4. The molecule has 0 unspecified atom stereocenters. The van der Waals surface area contributed by atoms with Gasteiger partial charge >= 0.3 is 5.97 Å². The molecule has 0 amide bonds. The van der Waals surface area contributed by atoms with Gasteiger partial charge < -0.3 is 14.4 Å². The Morgan fingerprint density at radius 2 is 2.37 bits per heavy atom. The number of carbonyl (C=O) groups is 1. The Morgan fingerprint density at radius 1 is 1.53 bits per heavy atom. The van der Waals surface area contributed by atoms with E-state index in [1.54, 1.807) is 30.1 Å². The molecule has 2 rings (SSSR count). The van der Waals surface area contributed by atoms with Crippen molar-refractivity contribution >= 4 is 17.7 Å². The number of rotatable bonds is 6. The number of carboxylic acid groups (broad SMARTS) is 1. The second-order valence-corrected chi connectivity index (χ2v) is 4.91. The predicted octanol–water partition coefficient (Wildman–Crippen LogP) is 2.29. The number of imidazole rings is 1. The van der Waals surface area contributed by atoms with Gasteiger partial charge in [0.1, 0.15) is 5.75 Å². The number of aryl methyl sites for hydroxylation is 1. The number of hydrogen-bond acceptors (Lipinski definition) is 4. The van der Waals surface area contributed by atoms with Crippen LogP contribution in [0.25, 0.3) is 0 Å². The average Bonchev–Trinajstić information content (AvgIpc) is 2.81. The molecule has 1 aromatic carbocycles. The molecular formula is C13H14N2O3S. The molecule has 6 heteroatoms. The Kier molecular flexibility index (Phi) is 4.46. The standard InChI is InChI=1S/C13H14N2O3S/c1-15-6-5-14-13(15)19-8-7-18-11-4-2-3-10(9-11)12(16)17/h2-6,9H,7-8H2,1H3,(H,16,17). The molecule has 0 aliphatic heterocycles. The molecule has 1 N–H and O–H groups in total. The van der Waals surface area contributed by atoms with E-state index in [0.29, 0.717) is 12.4 Å². The maximum Gasteiger partial charge on any atom is 0.335 e. The summed E-state index contributed by atoms with van der Waals surface area (Å²) in [6.07, 6.45) is 3.64. The van der Waals surface area contributed by atoms with Gasteiger partial charge in [-0.2, -0.15) is 0 Å². The van der Waals surface area contributed by atoms with Crippen molar-refractivity contribution in [1.82, 2.24) is 9.55 Å². The van der Waals surface area contributed by atoms with Crippen LogP contribution >= 0.6 is 11.8 Å². The summed E-state index contributed by atoms with van der Waals surface area (Å²) in [6, 6.07) is 6.48. The lowest BCUT2D eigenvalue weighted by Crippen LogP contribution is -2.03. The number of nitrogens with zero attached hydrogens (tertiary/aromatic N) is 2. The summed E-state index contributed by atoms with van der Waals surface area (Å²) in [7, 11) is 1.94. The molecule has 0 fully saturated rings. The topological polar surface area (TPSA) is 64.4 Å². The van der Waals surface area contributed by atoms with Crippen LogP contribution in [0.15, 0.2) is 41.8 Å².